The molecule has 2 aromatic rings. The topological polar surface area (TPSA) is 29.1 Å². The fourth-order valence-corrected chi connectivity index (χ4v) is 2.46. The van der Waals surface area contributed by atoms with Crippen LogP contribution in [-0.2, 0) is 16.6 Å². The average molecular weight is 281 g/mol. The lowest BCUT2D eigenvalue weighted by Gasteiger charge is -2.25. The van der Waals surface area contributed by atoms with E-state index in [1.54, 1.807) is 0 Å². The second-order valence-corrected chi connectivity index (χ2v) is 5.91. The van der Waals surface area contributed by atoms with Crippen molar-refractivity contribution in [3.8, 4) is 0 Å². The third-order valence-electron chi connectivity index (χ3n) is 4.04. The Kier molecular flexibility index (Phi) is 4.46. The van der Waals surface area contributed by atoms with Crippen molar-refractivity contribution in [3.05, 3.63) is 65.2 Å². The lowest BCUT2D eigenvalue weighted by Crippen LogP contribution is -2.35. The molecule has 0 aromatic heterocycles. The molecule has 0 saturated carbocycles. The zero-order chi connectivity index (χ0) is 15.5. The van der Waals surface area contributed by atoms with Crippen molar-refractivity contribution in [1.29, 1.82) is 0 Å². The first kappa shape index (κ1) is 15.3. The maximum Gasteiger partial charge on any atom is 0.234 e. The van der Waals surface area contributed by atoms with Gasteiger partial charge in [-0.2, -0.15) is 0 Å². The van der Waals surface area contributed by atoms with Gasteiger partial charge in [0, 0.05) is 5.69 Å². The molecule has 0 spiro atoms. The summed E-state index contributed by atoms with van der Waals surface area (Å²) in [5.74, 6) is 0.0256. The van der Waals surface area contributed by atoms with Crippen molar-refractivity contribution in [1.82, 2.24) is 0 Å². The van der Waals surface area contributed by atoms with Gasteiger partial charge in [-0.15, -0.1) is 0 Å². The molecule has 0 aliphatic rings. The van der Waals surface area contributed by atoms with Crippen LogP contribution in [0.2, 0.25) is 0 Å². The van der Waals surface area contributed by atoms with Gasteiger partial charge in [-0.3, -0.25) is 4.79 Å². The summed E-state index contributed by atoms with van der Waals surface area (Å²) >= 11 is 0. The van der Waals surface area contributed by atoms with Gasteiger partial charge in [-0.05, 0) is 43.9 Å². The number of benzene rings is 2. The molecule has 110 valence electrons. The Morgan fingerprint density at radius 3 is 2.33 bits per heavy atom. The van der Waals surface area contributed by atoms with E-state index in [0.717, 1.165) is 23.2 Å². The summed E-state index contributed by atoms with van der Waals surface area (Å²) in [6.45, 7) is 8.06. The smallest absolute Gasteiger partial charge is 0.234 e. The Labute approximate surface area is 127 Å². The van der Waals surface area contributed by atoms with Crippen molar-refractivity contribution in [2.75, 3.05) is 5.32 Å². The molecule has 0 heterocycles. The molecule has 0 radical (unpaired) electrons. The van der Waals surface area contributed by atoms with E-state index in [-0.39, 0.29) is 5.91 Å². The van der Waals surface area contributed by atoms with E-state index in [9.17, 15) is 4.79 Å². The number of hydrogen-bond donors (Lipinski definition) is 1. The summed E-state index contributed by atoms with van der Waals surface area (Å²) in [7, 11) is 0. The number of nitrogens with one attached hydrogen (secondary N) is 1. The van der Waals surface area contributed by atoms with E-state index >= 15 is 0 Å². The summed E-state index contributed by atoms with van der Waals surface area (Å²) in [6.07, 6.45) is 0.906. The first-order chi connectivity index (χ1) is 9.96. The summed E-state index contributed by atoms with van der Waals surface area (Å²) in [6, 6.07) is 16.0. The number of hydrogen-bond acceptors (Lipinski definition) is 1. The molecule has 1 amide bonds. The highest BCUT2D eigenvalue weighted by atomic mass is 16.2. The maximum absolute atomic E-state index is 12.7. The minimum absolute atomic E-state index is 0.0256. The molecule has 0 saturated heterocycles. The minimum Gasteiger partial charge on any atom is -0.325 e. The predicted molar refractivity (Wildman–Crippen MR) is 88.7 cm³/mol. The number of anilines is 1. The third kappa shape index (κ3) is 3.15. The van der Waals surface area contributed by atoms with Crippen molar-refractivity contribution in [3.63, 3.8) is 0 Å². The van der Waals surface area contributed by atoms with Crippen LogP contribution in [0.4, 0.5) is 5.69 Å². The lowest BCUT2D eigenvalue weighted by molar-refractivity contribution is -0.120. The van der Waals surface area contributed by atoms with Gasteiger partial charge >= 0.3 is 0 Å². The molecule has 0 aliphatic heterocycles. The Morgan fingerprint density at radius 1 is 1.05 bits per heavy atom. The summed E-state index contributed by atoms with van der Waals surface area (Å²) in [4.78, 5) is 12.7. The van der Waals surface area contributed by atoms with Crippen molar-refractivity contribution in [2.45, 2.75) is 39.5 Å². The molecule has 0 bridgehead atoms. The second-order valence-electron chi connectivity index (χ2n) is 5.91. The van der Waals surface area contributed by atoms with E-state index in [1.807, 2.05) is 63.2 Å². The standard InChI is InChI=1S/C19H23NO/c1-5-15-11-9-10-14(2)17(15)20-18(21)19(3,4)16-12-7-6-8-13-16/h6-13H,5H2,1-4H3,(H,20,21). The number of carbonyl (C=O) groups is 1. The quantitative estimate of drug-likeness (QED) is 0.880. The van der Waals surface area contributed by atoms with E-state index < -0.39 is 5.41 Å². The van der Waals surface area contributed by atoms with E-state index in [1.165, 1.54) is 5.56 Å². The van der Waals surface area contributed by atoms with Crippen molar-refractivity contribution in [2.24, 2.45) is 0 Å². The SMILES string of the molecule is CCc1cccc(C)c1NC(=O)C(C)(C)c1ccccc1. The second kappa shape index (κ2) is 6.13. The molecular formula is C19H23NO. The normalized spacial score (nSPS) is 11.2. The maximum atomic E-state index is 12.7. The molecule has 0 unspecified atom stereocenters. The molecule has 0 aliphatic carbocycles. The van der Waals surface area contributed by atoms with Gasteiger partial charge in [-0.1, -0.05) is 55.5 Å². The van der Waals surface area contributed by atoms with Crippen molar-refractivity contribution < 1.29 is 4.79 Å². The van der Waals surface area contributed by atoms with E-state index in [0.29, 0.717) is 0 Å². The van der Waals surface area contributed by atoms with Gasteiger partial charge in [0.1, 0.15) is 0 Å². The van der Waals surface area contributed by atoms with Crippen LogP contribution in [0, 0.1) is 6.92 Å². The van der Waals surface area contributed by atoms with Crippen LogP contribution in [0.3, 0.4) is 0 Å². The van der Waals surface area contributed by atoms with Crippen LogP contribution >= 0.6 is 0 Å². The lowest BCUT2D eigenvalue weighted by atomic mass is 9.83. The average Bonchev–Trinajstić information content (AvgIpc) is 2.50. The molecule has 2 rings (SSSR count). The summed E-state index contributed by atoms with van der Waals surface area (Å²) in [5, 5.41) is 3.13. The van der Waals surface area contributed by atoms with E-state index in [2.05, 4.69) is 18.3 Å². The number of rotatable bonds is 4. The molecule has 2 heteroatoms. The highest BCUT2D eigenvalue weighted by Gasteiger charge is 2.30. The van der Waals surface area contributed by atoms with Crippen LogP contribution in [-0.4, -0.2) is 5.91 Å². The van der Waals surface area contributed by atoms with Gasteiger partial charge in [0.2, 0.25) is 5.91 Å². The van der Waals surface area contributed by atoms with Crippen LogP contribution in [0.1, 0.15) is 37.5 Å². The monoisotopic (exact) mass is 281 g/mol. The highest BCUT2D eigenvalue weighted by Crippen LogP contribution is 2.27. The van der Waals surface area contributed by atoms with Gasteiger partial charge in [0.15, 0.2) is 0 Å². The molecular weight excluding hydrogens is 258 g/mol. The first-order valence-electron chi connectivity index (χ1n) is 7.42. The van der Waals surface area contributed by atoms with Crippen LogP contribution in [0.15, 0.2) is 48.5 Å². The van der Waals surface area contributed by atoms with Gasteiger partial charge in [0.25, 0.3) is 0 Å². The number of amides is 1. The van der Waals surface area contributed by atoms with Gasteiger partial charge in [0.05, 0.1) is 5.41 Å². The number of para-hydroxylation sites is 1. The zero-order valence-electron chi connectivity index (χ0n) is 13.2. The van der Waals surface area contributed by atoms with Crippen LogP contribution < -0.4 is 5.32 Å². The Hall–Kier alpha value is -2.09. The molecule has 0 fully saturated rings. The predicted octanol–water partition coefficient (Wildman–Crippen LogP) is 4.47. The first-order valence-corrected chi connectivity index (χ1v) is 7.42. The fraction of sp³-hybridized carbons (Fsp3) is 0.316. The summed E-state index contributed by atoms with van der Waals surface area (Å²) in [5.41, 5.74) is 3.69. The molecule has 1 N–H and O–H groups in total. The largest absolute Gasteiger partial charge is 0.325 e. The van der Waals surface area contributed by atoms with Crippen molar-refractivity contribution >= 4 is 11.6 Å². The fourth-order valence-electron chi connectivity index (χ4n) is 2.46. The van der Waals surface area contributed by atoms with Gasteiger partial charge in [-0.25, -0.2) is 0 Å². The summed E-state index contributed by atoms with van der Waals surface area (Å²) < 4.78 is 0. The zero-order valence-corrected chi connectivity index (χ0v) is 13.2. The van der Waals surface area contributed by atoms with E-state index in [4.69, 9.17) is 0 Å². The molecule has 2 aromatic carbocycles. The van der Waals surface area contributed by atoms with Crippen LogP contribution in [0.25, 0.3) is 0 Å². The Bertz CT molecular complexity index is 629. The Balaban J connectivity index is 2.30. The van der Waals surface area contributed by atoms with Gasteiger partial charge < -0.3 is 5.32 Å². The Morgan fingerprint density at radius 2 is 1.71 bits per heavy atom. The molecule has 0 atom stereocenters. The molecule has 21 heavy (non-hydrogen) atoms. The molecule has 2 nitrogen and oxygen atoms in total. The van der Waals surface area contributed by atoms with Crippen LogP contribution in [0.5, 0.6) is 0 Å². The third-order valence-corrected chi connectivity index (χ3v) is 4.04. The minimum atomic E-state index is -0.561. The number of carbonyl (C=O) groups excluding carboxylic acids is 1. The highest BCUT2D eigenvalue weighted by molar-refractivity contribution is 5.99. The number of aryl methyl sites for hydroxylation is 2.